The second kappa shape index (κ2) is 8.44. The molecule has 0 spiro atoms. The first-order valence-corrected chi connectivity index (χ1v) is 9.92. The van der Waals surface area contributed by atoms with E-state index in [9.17, 15) is 18.0 Å². The fourth-order valence-electron chi connectivity index (χ4n) is 3.36. The number of nitrogens with one attached hydrogen (secondary N) is 1. The molecular formula is C21H22F3N5O2. The number of ether oxygens (including phenoxy) is 1. The Morgan fingerprint density at radius 3 is 2.81 bits per heavy atom. The second-order valence-electron chi connectivity index (χ2n) is 7.53. The fraction of sp³-hybridized carbons (Fsp3) is 0.381. The maximum atomic E-state index is 13.0. The minimum Gasteiger partial charge on any atom is -0.497 e. The molecule has 0 bridgehead atoms. The lowest BCUT2D eigenvalue weighted by Gasteiger charge is -2.07. The number of rotatable bonds is 8. The molecule has 0 atom stereocenters. The Kier molecular flexibility index (Phi) is 5.71. The van der Waals surface area contributed by atoms with Crippen LogP contribution in [0.25, 0.3) is 0 Å². The van der Waals surface area contributed by atoms with Gasteiger partial charge in [-0.3, -0.25) is 14.2 Å². The van der Waals surface area contributed by atoms with E-state index in [1.807, 2.05) is 24.3 Å². The Morgan fingerprint density at radius 1 is 1.29 bits per heavy atom. The van der Waals surface area contributed by atoms with Gasteiger partial charge in [0.05, 0.1) is 25.5 Å². The third-order valence-electron chi connectivity index (χ3n) is 5.04. The number of aryl methyl sites for hydroxylation is 1. The van der Waals surface area contributed by atoms with Gasteiger partial charge in [0.15, 0.2) is 5.69 Å². The molecule has 4 rings (SSSR count). The smallest absolute Gasteiger partial charge is 0.435 e. The number of amides is 1. The van der Waals surface area contributed by atoms with Crippen LogP contribution >= 0.6 is 0 Å². The Bertz CT molecular complexity index is 1070. The Labute approximate surface area is 176 Å². The first-order chi connectivity index (χ1) is 14.8. The van der Waals surface area contributed by atoms with E-state index in [0.717, 1.165) is 30.2 Å². The van der Waals surface area contributed by atoms with E-state index in [1.165, 1.54) is 10.9 Å². The lowest BCUT2D eigenvalue weighted by molar-refractivity contribution is -0.141. The molecule has 3 aromatic rings. The van der Waals surface area contributed by atoms with Gasteiger partial charge in [-0.1, -0.05) is 12.1 Å². The van der Waals surface area contributed by atoms with Gasteiger partial charge in [0.1, 0.15) is 5.75 Å². The number of anilines is 1. The molecule has 7 nitrogen and oxygen atoms in total. The molecule has 1 aliphatic carbocycles. The monoisotopic (exact) mass is 433 g/mol. The number of halogens is 3. The van der Waals surface area contributed by atoms with E-state index in [1.54, 1.807) is 18.0 Å². The zero-order valence-electron chi connectivity index (χ0n) is 16.9. The summed E-state index contributed by atoms with van der Waals surface area (Å²) in [5, 5.41) is 10.6. The zero-order chi connectivity index (χ0) is 22.0. The van der Waals surface area contributed by atoms with Gasteiger partial charge in [0.2, 0.25) is 5.91 Å². The summed E-state index contributed by atoms with van der Waals surface area (Å²) in [6.45, 7) is 0.594. The number of alkyl halides is 3. The van der Waals surface area contributed by atoms with E-state index in [4.69, 9.17) is 4.74 Å². The van der Waals surface area contributed by atoms with Crippen molar-refractivity contribution in [2.24, 2.45) is 0 Å². The van der Waals surface area contributed by atoms with Gasteiger partial charge in [-0.2, -0.15) is 23.4 Å². The molecule has 1 fully saturated rings. The third-order valence-corrected chi connectivity index (χ3v) is 5.04. The molecule has 0 radical (unpaired) electrons. The number of benzene rings is 1. The van der Waals surface area contributed by atoms with Gasteiger partial charge in [0.25, 0.3) is 0 Å². The van der Waals surface area contributed by atoms with Crippen molar-refractivity contribution in [1.82, 2.24) is 19.6 Å². The van der Waals surface area contributed by atoms with Crippen LogP contribution in [-0.4, -0.2) is 32.6 Å². The summed E-state index contributed by atoms with van der Waals surface area (Å²) >= 11 is 0. The minimum atomic E-state index is -4.49. The number of methoxy groups -OCH3 is 1. The van der Waals surface area contributed by atoms with Gasteiger partial charge in [0, 0.05) is 30.8 Å². The molecule has 0 unspecified atom stereocenters. The zero-order valence-corrected chi connectivity index (χ0v) is 16.9. The first-order valence-electron chi connectivity index (χ1n) is 9.92. The highest BCUT2D eigenvalue weighted by molar-refractivity contribution is 5.90. The second-order valence-corrected chi connectivity index (χ2v) is 7.53. The molecular weight excluding hydrogens is 411 g/mol. The van der Waals surface area contributed by atoms with Crippen LogP contribution < -0.4 is 10.1 Å². The fourth-order valence-corrected chi connectivity index (χ4v) is 3.36. The minimum absolute atomic E-state index is 0.0137. The van der Waals surface area contributed by atoms with Gasteiger partial charge < -0.3 is 10.1 Å². The number of carbonyl (C=O) groups is 1. The van der Waals surface area contributed by atoms with Crippen LogP contribution in [0.15, 0.2) is 42.7 Å². The summed E-state index contributed by atoms with van der Waals surface area (Å²) in [6, 6.07) is 8.67. The maximum absolute atomic E-state index is 13.0. The summed E-state index contributed by atoms with van der Waals surface area (Å²) in [4.78, 5) is 12.3. The Hall–Kier alpha value is -3.30. The average molecular weight is 433 g/mol. The molecule has 1 aliphatic rings. The van der Waals surface area contributed by atoms with Crippen LogP contribution in [0.2, 0.25) is 0 Å². The molecule has 2 heterocycles. The summed E-state index contributed by atoms with van der Waals surface area (Å²) in [5.74, 6) is 0.532. The van der Waals surface area contributed by atoms with E-state index in [0.29, 0.717) is 17.9 Å². The number of nitrogens with zero attached hydrogens (tertiary/aromatic N) is 4. The lowest BCUT2D eigenvalue weighted by atomic mass is 10.2. The predicted octanol–water partition coefficient (Wildman–Crippen LogP) is 4.06. The largest absolute Gasteiger partial charge is 0.497 e. The van der Waals surface area contributed by atoms with Crippen LogP contribution in [0.3, 0.4) is 0 Å². The molecule has 2 aromatic heterocycles. The normalized spacial score (nSPS) is 13.9. The van der Waals surface area contributed by atoms with E-state index < -0.39 is 11.9 Å². The van der Waals surface area contributed by atoms with E-state index in [2.05, 4.69) is 15.5 Å². The maximum Gasteiger partial charge on any atom is 0.435 e. The summed E-state index contributed by atoms with van der Waals surface area (Å²) in [7, 11) is 1.60. The number of hydrogen-bond acceptors (Lipinski definition) is 4. The number of aromatic nitrogens is 4. The van der Waals surface area contributed by atoms with Gasteiger partial charge in [-0.05, 0) is 36.6 Å². The van der Waals surface area contributed by atoms with Crippen LogP contribution in [0.1, 0.15) is 42.1 Å². The highest BCUT2D eigenvalue weighted by Crippen LogP contribution is 2.42. The van der Waals surface area contributed by atoms with Crippen molar-refractivity contribution in [2.75, 3.05) is 12.4 Å². The molecule has 0 aliphatic heterocycles. The number of hydrogen-bond donors (Lipinski definition) is 1. The molecule has 0 saturated heterocycles. The van der Waals surface area contributed by atoms with Crippen molar-refractivity contribution >= 4 is 11.6 Å². The van der Waals surface area contributed by atoms with Crippen molar-refractivity contribution in [3.8, 4) is 5.75 Å². The van der Waals surface area contributed by atoms with Crippen LogP contribution in [0.4, 0.5) is 18.9 Å². The molecule has 10 heteroatoms. The molecule has 31 heavy (non-hydrogen) atoms. The summed E-state index contributed by atoms with van der Waals surface area (Å²) < 4.78 is 47.1. The average Bonchev–Trinajstić information content (AvgIpc) is 3.32. The summed E-state index contributed by atoms with van der Waals surface area (Å²) in [6.07, 6.45) is 0.448. The van der Waals surface area contributed by atoms with Crippen LogP contribution in [0, 0.1) is 0 Å². The van der Waals surface area contributed by atoms with Crippen LogP contribution in [0.5, 0.6) is 5.75 Å². The first kappa shape index (κ1) is 21.0. The van der Waals surface area contributed by atoms with Crippen molar-refractivity contribution in [3.63, 3.8) is 0 Å². The van der Waals surface area contributed by atoms with Crippen molar-refractivity contribution in [3.05, 3.63) is 59.7 Å². The highest BCUT2D eigenvalue weighted by Gasteiger charge is 2.37. The van der Waals surface area contributed by atoms with Gasteiger partial charge >= 0.3 is 6.18 Å². The molecule has 1 aromatic carbocycles. The molecule has 1 N–H and O–H groups in total. The molecule has 1 saturated carbocycles. The van der Waals surface area contributed by atoms with Crippen molar-refractivity contribution < 1.29 is 22.7 Å². The summed E-state index contributed by atoms with van der Waals surface area (Å²) in [5.41, 5.74) is 1.15. The van der Waals surface area contributed by atoms with Gasteiger partial charge in [-0.25, -0.2) is 0 Å². The predicted molar refractivity (Wildman–Crippen MR) is 107 cm³/mol. The molecule has 164 valence electrons. The van der Waals surface area contributed by atoms with Gasteiger partial charge in [-0.15, -0.1) is 0 Å². The van der Waals surface area contributed by atoms with Crippen molar-refractivity contribution in [2.45, 2.75) is 44.4 Å². The SMILES string of the molecule is COc1cccc(Cn2cc(NC(=O)CCn3nc(C(F)(F)F)cc3C3CC3)cn2)c1. The van der Waals surface area contributed by atoms with Crippen molar-refractivity contribution in [1.29, 1.82) is 0 Å². The lowest BCUT2D eigenvalue weighted by Crippen LogP contribution is -2.16. The Morgan fingerprint density at radius 2 is 2.10 bits per heavy atom. The quantitative estimate of drug-likeness (QED) is 0.582. The standard InChI is InChI=1S/C21H22F3N5O2/c1-31-17-4-2-3-14(9-17)12-28-13-16(11-25-28)26-20(30)7-8-29-18(15-5-6-15)10-19(27-29)21(22,23)24/h2-4,9-11,13,15H,5-8,12H2,1H3,(H,26,30). The number of carbonyl (C=O) groups excluding carboxylic acids is 1. The Balaban J connectivity index is 1.34. The van der Waals surface area contributed by atoms with E-state index in [-0.39, 0.29) is 24.8 Å². The topological polar surface area (TPSA) is 74.0 Å². The highest BCUT2D eigenvalue weighted by atomic mass is 19.4. The van der Waals surface area contributed by atoms with E-state index >= 15 is 0 Å². The van der Waals surface area contributed by atoms with Crippen LogP contribution in [-0.2, 0) is 24.1 Å². The molecule has 1 amide bonds. The third kappa shape index (κ3) is 5.25.